The largest absolute Gasteiger partial charge is 0.443 e. The van der Waals surface area contributed by atoms with Crippen molar-refractivity contribution in [3.05, 3.63) is 0 Å². The monoisotopic (exact) mass is 274 g/mol. The summed E-state index contributed by atoms with van der Waals surface area (Å²) in [6.07, 6.45) is -0.152. The summed E-state index contributed by atoms with van der Waals surface area (Å²) in [4.78, 5) is 13.1. The Balaban J connectivity index is 2.57. The molecule has 1 amide bonds. The molecule has 1 heterocycles. The van der Waals surface area contributed by atoms with E-state index in [0.717, 1.165) is 0 Å². The fourth-order valence-electron chi connectivity index (χ4n) is 2.26. The van der Waals surface area contributed by atoms with Crippen LogP contribution in [0.15, 0.2) is 0 Å². The lowest BCUT2D eigenvalue weighted by atomic mass is 9.79. The highest BCUT2D eigenvalue weighted by Crippen LogP contribution is 2.29. The molecule has 0 aromatic heterocycles. The van der Waals surface area contributed by atoms with Crippen molar-refractivity contribution in [2.75, 3.05) is 19.7 Å². The van der Waals surface area contributed by atoms with Crippen molar-refractivity contribution in [3.8, 4) is 6.07 Å². The van der Waals surface area contributed by atoms with Gasteiger partial charge in [-0.2, -0.15) is 5.26 Å². The maximum atomic E-state index is 12.6. The van der Waals surface area contributed by atoms with Gasteiger partial charge in [-0.3, -0.25) is 0 Å². The zero-order chi connectivity index (χ0) is 14.6. The summed E-state index contributed by atoms with van der Waals surface area (Å²) in [6.45, 7) is 4.56. The zero-order valence-electron chi connectivity index (χ0n) is 11.5. The van der Waals surface area contributed by atoms with Crippen molar-refractivity contribution in [3.63, 3.8) is 0 Å². The number of alkyl halides is 2. The Morgan fingerprint density at radius 2 is 2.21 bits per heavy atom. The predicted octanol–water partition coefficient (Wildman–Crippen LogP) is 2.90. The van der Waals surface area contributed by atoms with Gasteiger partial charge in [0.25, 0.3) is 5.92 Å². The second-order valence-corrected chi connectivity index (χ2v) is 5.50. The second-order valence-electron chi connectivity index (χ2n) is 5.50. The fourth-order valence-corrected chi connectivity index (χ4v) is 2.26. The number of piperidine rings is 1. The number of nitrogens with zero attached hydrogens (tertiary/aromatic N) is 2. The van der Waals surface area contributed by atoms with Crippen LogP contribution in [0.25, 0.3) is 0 Å². The summed E-state index contributed by atoms with van der Waals surface area (Å²) in [7, 11) is 0. The minimum atomic E-state index is -3.02. The smallest absolute Gasteiger partial charge is 0.409 e. The lowest BCUT2D eigenvalue weighted by Crippen LogP contribution is -2.46. The number of halogens is 2. The first-order valence-corrected chi connectivity index (χ1v) is 6.43. The number of likely N-dealkylation sites (tertiary alicyclic amines) is 1. The van der Waals surface area contributed by atoms with Crippen LogP contribution in [0.4, 0.5) is 13.6 Å². The molecule has 2 atom stereocenters. The molecule has 0 aliphatic carbocycles. The van der Waals surface area contributed by atoms with E-state index in [1.165, 1.54) is 4.90 Å². The number of hydrogen-bond donors (Lipinski definition) is 0. The normalized spacial score (nSPS) is 24.2. The molecule has 1 rings (SSSR count). The fraction of sp³-hybridized carbons (Fsp3) is 0.846. The van der Waals surface area contributed by atoms with Gasteiger partial charge in [-0.25, -0.2) is 13.6 Å². The molecule has 0 N–H and O–H groups in total. The van der Waals surface area contributed by atoms with Crippen LogP contribution in [-0.2, 0) is 4.74 Å². The highest BCUT2D eigenvalue weighted by atomic mass is 19.3. The third-order valence-corrected chi connectivity index (χ3v) is 3.39. The van der Waals surface area contributed by atoms with E-state index in [1.807, 2.05) is 13.8 Å². The molecule has 1 saturated heterocycles. The molecule has 0 aromatic carbocycles. The van der Waals surface area contributed by atoms with Crippen molar-refractivity contribution in [2.24, 2.45) is 17.8 Å². The van der Waals surface area contributed by atoms with Crippen molar-refractivity contribution in [2.45, 2.75) is 33.1 Å². The number of nitriles is 1. The van der Waals surface area contributed by atoms with E-state index in [9.17, 15) is 13.6 Å². The molecule has 0 spiro atoms. The molecule has 0 bridgehead atoms. The molecule has 0 aromatic rings. The Bertz CT molecular complexity index is 361. The van der Waals surface area contributed by atoms with Gasteiger partial charge < -0.3 is 9.64 Å². The Hall–Kier alpha value is -1.38. The van der Waals surface area contributed by atoms with Crippen LogP contribution in [0, 0.1) is 29.1 Å². The summed E-state index contributed by atoms with van der Waals surface area (Å²) in [5.74, 6) is -2.78. The van der Waals surface area contributed by atoms with E-state index in [-0.39, 0.29) is 17.8 Å². The van der Waals surface area contributed by atoms with Crippen LogP contribution in [0.3, 0.4) is 0 Å². The lowest BCUT2D eigenvalue weighted by Gasteiger charge is -2.37. The predicted molar refractivity (Wildman–Crippen MR) is 65.6 cm³/mol. The summed E-state index contributed by atoms with van der Waals surface area (Å²) >= 11 is 0. The van der Waals surface area contributed by atoms with E-state index in [1.54, 1.807) is 0 Å². The van der Waals surface area contributed by atoms with E-state index in [0.29, 0.717) is 26.4 Å². The van der Waals surface area contributed by atoms with Crippen LogP contribution >= 0.6 is 0 Å². The van der Waals surface area contributed by atoms with Gasteiger partial charge in [-0.1, -0.05) is 13.8 Å². The van der Waals surface area contributed by atoms with Gasteiger partial charge in [0.15, 0.2) is 6.61 Å². The topological polar surface area (TPSA) is 53.3 Å². The summed E-state index contributed by atoms with van der Waals surface area (Å²) < 4.78 is 29.9. The van der Waals surface area contributed by atoms with Crippen LogP contribution in [0.5, 0.6) is 0 Å². The third kappa shape index (κ3) is 4.66. The van der Waals surface area contributed by atoms with Crippen LogP contribution < -0.4 is 0 Å². The van der Waals surface area contributed by atoms with Crippen LogP contribution in [-0.4, -0.2) is 36.6 Å². The van der Waals surface area contributed by atoms with Crippen LogP contribution in [0.2, 0.25) is 0 Å². The van der Waals surface area contributed by atoms with E-state index in [4.69, 9.17) is 5.26 Å². The van der Waals surface area contributed by atoms with Crippen molar-refractivity contribution in [1.29, 1.82) is 5.26 Å². The minimum Gasteiger partial charge on any atom is -0.443 e. The molecular weight excluding hydrogens is 254 g/mol. The Morgan fingerprint density at radius 1 is 1.58 bits per heavy atom. The highest BCUT2D eigenvalue weighted by molar-refractivity contribution is 5.67. The molecule has 6 heteroatoms. The highest BCUT2D eigenvalue weighted by Gasteiger charge is 2.34. The van der Waals surface area contributed by atoms with Gasteiger partial charge in [0.05, 0.1) is 12.0 Å². The van der Waals surface area contributed by atoms with E-state index < -0.39 is 18.6 Å². The Morgan fingerprint density at radius 3 is 2.68 bits per heavy atom. The Kier molecular flexibility index (Phi) is 5.10. The lowest BCUT2D eigenvalue weighted by molar-refractivity contribution is -0.0483. The molecule has 19 heavy (non-hydrogen) atoms. The maximum absolute atomic E-state index is 12.6. The molecular formula is C13H20F2N2O2. The SMILES string of the molecule is CC(C)C1CN(C(=O)OCC(C)(F)F)CCC1C#N. The molecule has 1 aliphatic rings. The average molecular weight is 274 g/mol. The molecule has 108 valence electrons. The van der Waals surface area contributed by atoms with Gasteiger partial charge >= 0.3 is 6.09 Å². The number of carbonyl (C=O) groups excluding carboxylic acids is 1. The number of hydrogen-bond acceptors (Lipinski definition) is 3. The number of carbonyl (C=O) groups is 1. The van der Waals surface area contributed by atoms with Crippen molar-refractivity contribution < 1.29 is 18.3 Å². The first-order chi connectivity index (χ1) is 8.74. The van der Waals surface area contributed by atoms with E-state index in [2.05, 4.69) is 10.8 Å². The molecule has 1 aliphatic heterocycles. The molecule has 4 nitrogen and oxygen atoms in total. The number of rotatable bonds is 3. The van der Waals surface area contributed by atoms with Crippen molar-refractivity contribution >= 4 is 6.09 Å². The molecule has 0 radical (unpaired) electrons. The minimum absolute atomic E-state index is 0.0634. The summed E-state index contributed by atoms with van der Waals surface area (Å²) in [5.41, 5.74) is 0. The van der Waals surface area contributed by atoms with E-state index >= 15 is 0 Å². The third-order valence-electron chi connectivity index (χ3n) is 3.39. The standard InChI is InChI=1S/C13H20F2N2O2/c1-9(2)11-7-17(5-4-10(11)6-16)12(18)19-8-13(3,14)15/h9-11H,4-5,7-8H2,1-3H3. The molecule has 2 unspecified atom stereocenters. The molecule has 0 saturated carbocycles. The van der Waals surface area contributed by atoms with Crippen LogP contribution in [0.1, 0.15) is 27.2 Å². The first-order valence-electron chi connectivity index (χ1n) is 6.43. The number of amides is 1. The van der Waals surface area contributed by atoms with Gasteiger partial charge in [0, 0.05) is 20.0 Å². The zero-order valence-corrected chi connectivity index (χ0v) is 11.5. The second kappa shape index (κ2) is 6.18. The van der Waals surface area contributed by atoms with Gasteiger partial charge in [-0.15, -0.1) is 0 Å². The number of ether oxygens (including phenoxy) is 1. The Labute approximate surface area is 112 Å². The molecule has 1 fully saturated rings. The van der Waals surface area contributed by atoms with Gasteiger partial charge in [-0.05, 0) is 18.3 Å². The first kappa shape index (κ1) is 15.7. The summed E-state index contributed by atoms with van der Waals surface area (Å²) in [5, 5.41) is 9.06. The van der Waals surface area contributed by atoms with Gasteiger partial charge in [0.1, 0.15) is 0 Å². The average Bonchev–Trinajstić information content (AvgIpc) is 2.34. The van der Waals surface area contributed by atoms with Gasteiger partial charge in [0.2, 0.25) is 0 Å². The van der Waals surface area contributed by atoms with Crippen molar-refractivity contribution in [1.82, 2.24) is 4.90 Å². The summed E-state index contributed by atoms with van der Waals surface area (Å²) in [6, 6.07) is 2.25. The maximum Gasteiger partial charge on any atom is 0.409 e. The quantitative estimate of drug-likeness (QED) is 0.795.